The number of fused-ring (bicyclic) bond motifs is 1. The molecule has 1 aromatic carbocycles. The molecule has 0 aliphatic carbocycles. The first-order chi connectivity index (χ1) is 11.0. The van der Waals surface area contributed by atoms with Gasteiger partial charge in [-0.15, -0.1) is 0 Å². The first-order valence-electron chi connectivity index (χ1n) is 7.54. The fourth-order valence-electron chi connectivity index (χ4n) is 2.52. The number of amides is 1. The quantitative estimate of drug-likeness (QED) is 0.703. The standard InChI is InChI=1S/C17H18BrN3O2/c1-4-10(2)21-15(7-8-19-21)20-17(22)16-11(3)13-9-12(18)5-6-14(13)23-16/h5-10H,4H2,1-3H3,(H,20,22). The van der Waals surface area contributed by atoms with Gasteiger partial charge in [0, 0.05) is 21.5 Å². The van der Waals surface area contributed by atoms with Crippen LogP contribution >= 0.6 is 15.9 Å². The second-order valence-electron chi connectivity index (χ2n) is 5.57. The largest absolute Gasteiger partial charge is 0.451 e. The third-order valence-corrected chi connectivity index (χ3v) is 4.52. The van der Waals surface area contributed by atoms with Crippen LogP contribution in [0, 0.1) is 6.92 Å². The molecule has 0 saturated carbocycles. The van der Waals surface area contributed by atoms with Gasteiger partial charge in [0.25, 0.3) is 5.91 Å². The molecule has 3 rings (SSSR count). The van der Waals surface area contributed by atoms with Crippen LogP contribution in [0.1, 0.15) is 42.4 Å². The third kappa shape index (κ3) is 2.91. The first-order valence-corrected chi connectivity index (χ1v) is 8.34. The first kappa shape index (κ1) is 15.8. The third-order valence-electron chi connectivity index (χ3n) is 4.02. The highest BCUT2D eigenvalue weighted by Crippen LogP contribution is 2.28. The minimum atomic E-state index is -0.264. The maximum Gasteiger partial charge on any atom is 0.292 e. The van der Waals surface area contributed by atoms with Crippen molar-refractivity contribution in [2.75, 3.05) is 5.32 Å². The zero-order valence-electron chi connectivity index (χ0n) is 13.3. The summed E-state index contributed by atoms with van der Waals surface area (Å²) < 4.78 is 8.49. The lowest BCUT2D eigenvalue weighted by molar-refractivity contribution is 0.0996. The fraction of sp³-hybridized carbons (Fsp3) is 0.294. The number of aromatic nitrogens is 2. The van der Waals surface area contributed by atoms with E-state index in [1.807, 2.05) is 29.8 Å². The summed E-state index contributed by atoms with van der Waals surface area (Å²) in [7, 11) is 0. The number of anilines is 1. The SMILES string of the molecule is CCC(C)n1nccc1NC(=O)c1oc2ccc(Br)cc2c1C. The van der Waals surface area contributed by atoms with Crippen LogP contribution in [0.4, 0.5) is 5.82 Å². The Bertz CT molecular complexity index is 866. The van der Waals surface area contributed by atoms with Crippen LogP contribution in [0.3, 0.4) is 0 Å². The van der Waals surface area contributed by atoms with Crippen molar-refractivity contribution >= 4 is 38.6 Å². The Morgan fingerprint density at radius 3 is 2.96 bits per heavy atom. The van der Waals surface area contributed by atoms with Gasteiger partial charge in [-0.2, -0.15) is 5.10 Å². The van der Waals surface area contributed by atoms with E-state index in [4.69, 9.17) is 4.42 Å². The van der Waals surface area contributed by atoms with Gasteiger partial charge in [0.05, 0.1) is 12.2 Å². The minimum absolute atomic E-state index is 0.216. The van der Waals surface area contributed by atoms with Crippen LogP contribution in [0.5, 0.6) is 0 Å². The number of hydrogen-bond donors (Lipinski definition) is 1. The van der Waals surface area contributed by atoms with Crippen LogP contribution < -0.4 is 5.32 Å². The molecule has 1 N–H and O–H groups in total. The van der Waals surface area contributed by atoms with Gasteiger partial charge < -0.3 is 9.73 Å². The lowest BCUT2D eigenvalue weighted by atomic mass is 10.1. The molecule has 2 aromatic heterocycles. The summed E-state index contributed by atoms with van der Waals surface area (Å²) >= 11 is 3.44. The summed E-state index contributed by atoms with van der Waals surface area (Å²) in [6.45, 7) is 6.03. The van der Waals surface area contributed by atoms with Crippen molar-refractivity contribution in [2.45, 2.75) is 33.2 Å². The average molecular weight is 376 g/mol. The van der Waals surface area contributed by atoms with Crippen molar-refractivity contribution in [3.63, 3.8) is 0 Å². The van der Waals surface area contributed by atoms with Gasteiger partial charge in [0.1, 0.15) is 11.4 Å². The lowest BCUT2D eigenvalue weighted by Crippen LogP contribution is -2.17. The number of halogens is 1. The lowest BCUT2D eigenvalue weighted by Gasteiger charge is -2.13. The molecule has 0 aliphatic heterocycles. The zero-order chi connectivity index (χ0) is 16.6. The molecular weight excluding hydrogens is 358 g/mol. The zero-order valence-corrected chi connectivity index (χ0v) is 14.8. The van der Waals surface area contributed by atoms with Crippen molar-refractivity contribution in [2.24, 2.45) is 0 Å². The highest BCUT2D eigenvalue weighted by molar-refractivity contribution is 9.10. The molecule has 3 aromatic rings. The van der Waals surface area contributed by atoms with Gasteiger partial charge in [0.2, 0.25) is 0 Å². The summed E-state index contributed by atoms with van der Waals surface area (Å²) in [6.07, 6.45) is 2.62. The number of nitrogens with zero attached hydrogens (tertiary/aromatic N) is 2. The number of carbonyl (C=O) groups excluding carboxylic acids is 1. The maximum atomic E-state index is 12.6. The number of aryl methyl sites for hydroxylation is 1. The molecule has 0 fully saturated rings. The van der Waals surface area contributed by atoms with Gasteiger partial charge >= 0.3 is 0 Å². The van der Waals surface area contributed by atoms with E-state index in [1.165, 1.54) is 0 Å². The van der Waals surface area contributed by atoms with E-state index < -0.39 is 0 Å². The number of furan rings is 1. The predicted molar refractivity (Wildman–Crippen MR) is 93.8 cm³/mol. The molecule has 0 spiro atoms. The summed E-state index contributed by atoms with van der Waals surface area (Å²) in [6, 6.07) is 7.71. The molecule has 23 heavy (non-hydrogen) atoms. The molecule has 0 bridgehead atoms. The molecule has 0 radical (unpaired) electrons. The van der Waals surface area contributed by atoms with Gasteiger partial charge in [-0.3, -0.25) is 4.79 Å². The molecule has 1 amide bonds. The Balaban J connectivity index is 1.93. The predicted octanol–water partition coefficient (Wildman–Crippen LogP) is 4.92. The topological polar surface area (TPSA) is 60.1 Å². The van der Waals surface area contributed by atoms with E-state index in [9.17, 15) is 4.79 Å². The van der Waals surface area contributed by atoms with Crippen LogP contribution in [0.2, 0.25) is 0 Å². The molecule has 6 heteroatoms. The number of rotatable bonds is 4. The molecule has 1 unspecified atom stereocenters. The highest BCUT2D eigenvalue weighted by atomic mass is 79.9. The van der Waals surface area contributed by atoms with Crippen LogP contribution in [0.15, 0.2) is 39.4 Å². The maximum absolute atomic E-state index is 12.6. The van der Waals surface area contributed by atoms with Crippen LogP contribution in [-0.4, -0.2) is 15.7 Å². The number of nitrogens with one attached hydrogen (secondary N) is 1. The number of benzene rings is 1. The molecular formula is C17H18BrN3O2. The van der Waals surface area contributed by atoms with E-state index in [-0.39, 0.29) is 11.9 Å². The van der Waals surface area contributed by atoms with Gasteiger partial charge in [-0.05, 0) is 38.5 Å². The summed E-state index contributed by atoms with van der Waals surface area (Å²) in [5.41, 5.74) is 1.53. The van der Waals surface area contributed by atoms with E-state index in [0.29, 0.717) is 17.2 Å². The Morgan fingerprint density at radius 2 is 2.22 bits per heavy atom. The van der Waals surface area contributed by atoms with Crippen molar-refractivity contribution in [1.82, 2.24) is 9.78 Å². The molecule has 2 heterocycles. The minimum Gasteiger partial charge on any atom is -0.451 e. The second-order valence-corrected chi connectivity index (χ2v) is 6.48. The second kappa shape index (κ2) is 6.20. The number of hydrogen-bond acceptors (Lipinski definition) is 3. The van der Waals surface area contributed by atoms with Crippen LogP contribution in [-0.2, 0) is 0 Å². The van der Waals surface area contributed by atoms with Gasteiger partial charge in [0.15, 0.2) is 5.76 Å². The Hall–Kier alpha value is -2.08. The normalized spacial score (nSPS) is 12.5. The molecule has 0 aliphatic rings. The molecule has 1 atom stereocenters. The van der Waals surface area contributed by atoms with Crippen molar-refractivity contribution in [3.8, 4) is 0 Å². The average Bonchev–Trinajstić information content (AvgIpc) is 3.12. The fourth-order valence-corrected chi connectivity index (χ4v) is 2.88. The van der Waals surface area contributed by atoms with E-state index >= 15 is 0 Å². The van der Waals surface area contributed by atoms with E-state index in [1.54, 1.807) is 12.3 Å². The van der Waals surface area contributed by atoms with Crippen molar-refractivity contribution in [1.29, 1.82) is 0 Å². The molecule has 120 valence electrons. The number of carbonyl (C=O) groups is 1. The van der Waals surface area contributed by atoms with Gasteiger partial charge in [-0.1, -0.05) is 22.9 Å². The Morgan fingerprint density at radius 1 is 1.43 bits per heavy atom. The van der Waals surface area contributed by atoms with Crippen molar-refractivity contribution in [3.05, 3.63) is 46.3 Å². The Kier molecular flexibility index (Phi) is 4.26. The summed E-state index contributed by atoms with van der Waals surface area (Å²) in [5.74, 6) is 0.736. The summed E-state index contributed by atoms with van der Waals surface area (Å²) in [4.78, 5) is 12.6. The van der Waals surface area contributed by atoms with E-state index in [2.05, 4.69) is 40.2 Å². The van der Waals surface area contributed by atoms with Gasteiger partial charge in [-0.25, -0.2) is 4.68 Å². The summed E-state index contributed by atoms with van der Waals surface area (Å²) in [5, 5.41) is 8.10. The Labute approximate surface area is 142 Å². The highest BCUT2D eigenvalue weighted by Gasteiger charge is 2.20. The smallest absolute Gasteiger partial charge is 0.292 e. The molecule has 0 saturated heterocycles. The monoisotopic (exact) mass is 375 g/mol. The van der Waals surface area contributed by atoms with E-state index in [0.717, 1.165) is 21.8 Å². The van der Waals surface area contributed by atoms with Crippen molar-refractivity contribution < 1.29 is 9.21 Å². The van der Waals surface area contributed by atoms with Crippen LogP contribution in [0.25, 0.3) is 11.0 Å². The molecule has 5 nitrogen and oxygen atoms in total.